The fourth-order valence-electron chi connectivity index (χ4n) is 2.82. The van der Waals surface area contributed by atoms with E-state index in [0.29, 0.717) is 19.7 Å². The van der Waals surface area contributed by atoms with Crippen molar-refractivity contribution in [3.05, 3.63) is 60.2 Å². The normalized spacial score (nSPS) is 12.6. The molecule has 0 saturated carbocycles. The first-order chi connectivity index (χ1) is 13.4. The number of carbonyl (C=O) groups is 1. The van der Waals surface area contributed by atoms with E-state index in [1.54, 1.807) is 24.3 Å². The lowest BCUT2D eigenvalue weighted by Crippen LogP contribution is -2.30. The van der Waals surface area contributed by atoms with Gasteiger partial charge in [0.1, 0.15) is 5.75 Å². The van der Waals surface area contributed by atoms with Crippen LogP contribution in [0.2, 0.25) is 0 Å². The van der Waals surface area contributed by atoms with Crippen LogP contribution in [-0.4, -0.2) is 38.3 Å². The van der Waals surface area contributed by atoms with Gasteiger partial charge in [0.2, 0.25) is 15.9 Å². The van der Waals surface area contributed by atoms with Crippen molar-refractivity contribution in [2.24, 2.45) is 0 Å². The molecule has 1 N–H and O–H groups in total. The Labute approximate surface area is 167 Å². The zero-order chi connectivity index (χ0) is 20.6. The molecule has 152 valence electrons. The fraction of sp³-hybridized carbons (Fsp3) is 0.381. The number of hydrogen-bond acceptors (Lipinski definition) is 4. The maximum absolute atomic E-state index is 12.5. The maximum atomic E-state index is 12.5. The van der Waals surface area contributed by atoms with Crippen LogP contribution in [0.15, 0.2) is 59.5 Å². The Morgan fingerprint density at radius 1 is 1.04 bits per heavy atom. The van der Waals surface area contributed by atoms with Gasteiger partial charge in [0.15, 0.2) is 0 Å². The standard InChI is InChI=1S/C21H28N2O4S/c1-4-23(5-2)28(25,26)20-13-11-18(12-14-20)17(3)22-21(24)15-16-27-19-9-7-6-8-10-19/h6-14,17H,4-5,15-16H2,1-3H3,(H,22,24). The van der Waals surface area contributed by atoms with Gasteiger partial charge in [-0.15, -0.1) is 0 Å². The molecule has 0 aromatic heterocycles. The zero-order valence-electron chi connectivity index (χ0n) is 16.6. The first-order valence-corrected chi connectivity index (χ1v) is 10.9. The second-order valence-corrected chi connectivity index (χ2v) is 8.30. The predicted octanol–water partition coefficient (Wildman–Crippen LogP) is 3.36. The second kappa shape index (κ2) is 10.2. The molecule has 1 unspecified atom stereocenters. The zero-order valence-corrected chi connectivity index (χ0v) is 17.4. The van der Waals surface area contributed by atoms with Crippen LogP contribution >= 0.6 is 0 Å². The van der Waals surface area contributed by atoms with Gasteiger partial charge in [-0.05, 0) is 36.8 Å². The molecule has 1 amide bonds. The summed E-state index contributed by atoms with van der Waals surface area (Å²) in [7, 11) is -3.48. The average Bonchev–Trinajstić information content (AvgIpc) is 2.69. The molecule has 0 aliphatic rings. The molecule has 28 heavy (non-hydrogen) atoms. The van der Waals surface area contributed by atoms with Crippen LogP contribution in [0.1, 0.15) is 38.8 Å². The van der Waals surface area contributed by atoms with Crippen LogP contribution in [0.3, 0.4) is 0 Å². The van der Waals surface area contributed by atoms with Gasteiger partial charge in [-0.2, -0.15) is 4.31 Å². The topological polar surface area (TPSA) is 75.7 Å². The van der Waals surface area contributed by atoms with E-state index in [-0.39, 0.29) is 23.3 Å². The molecule has 0 bridgehead atoms. The van der Waals surface area contributed by atoms with Crippen LogP contribution in [-0.2, 0) is 14.8 Å². The number of nitrogens with one attached hydrogen (secondary N) is 1. The van der Waals surface area contributed by atoms with E-state index in [1.165, 1.54) is 4.31 Å². The lowest BCUT2D eigenvalue weighted by molar-refractivity contribution is -0.122. The summed E-state index contributed by atoms with van der Waals surface area (Å²) in [6.07, 6.45) is 0.244. The minimum Gasteiger partial charge on any atom is -0.493 e. The minimum absolute atomic E-state index is 0.122. The van der Waals surface area contributed by atoms with E-state index in [4.69, 9.17) is 4.74 Å². The first kappa shape index (κ1) is 21.9. The van der Waals surface area contributed by atoms with Gasteiger partial charge in [-0.25, -0.2) is 8.42 Å². The summed E-state index contributed by atoms with van der Waals surface area (Å²) in [5.41, 5.74) is 0.843. The third-order valence-electron chi connectivity index (χ3n) is 4.44. The number of sulfonamides is 1. The van der Waals surface area contributed by atoms with E-state index in [1.807, 2.05) is 51.1 Å². The highest BCUT2D eigenvalue weighted by Gasteiger charge is 2.21. The van der Waals surface area contributed by atoms with E-state index in [9.17, 15) is 13.2 Å². The highest BCUT2D eigenvalue weighted by Crippen LogP contribution is 2.19. The van der Waals surface area contributed by atoms with Crippen LogP contribution in [0.25, 0.3) is 0 Å². The number of hydrogen-bond donors (Lipinski definition) is 1. The molecule has 0 spiro atoms. The Bertz CT molecular complexity index is 848. The molecule has 2 aromatic carbocycles. The second-order valence-electron chi connectivity index (χ2n) is 6.36. The highest BCUT2D eigenvalue weighted by atomic mass is 32.2. The van der Waals surface area contributed by atoms with Gasteiger partial charge in [0.05, 0.1) is 24.0 Å². The molecule has 7 heteroatoms. The SMILES string of the molecule is CCN(CC)S(=O)(=O)c1ccc(C(C)NC(=O)CCOc2ccccc2)cc1. The highest BCUT2D eigenvalue weighted by molar-refractivity contribution is 7.89. The predicted molar refractivity (Wildman–Crippen MR) is 110 cm³/mol. The lowest BCUT2D eigenvalue weighted by Gasteiger charge is -2.19. The van der Waals surface area contributed by atoms with Crippen molar-refractivity contribution >= 4 is 15.9 Å². The molecule has 0 aliphatic carbocycles. The Hall–Kier alpha value is -2.38. The molecular formula is C21H28N2O4S. The van der Waals surface area contributed by atoms with Gasteiger partial charge in [-0.1, -0.05) is 44.2 Å². The lowest BCUT2D eigenvalue weighted by atomic mass is 10.1. The van der Waals surface area contributed by atoms with Crippen LogP contribution in [0.5, 0.6) is 5.75 Å². The average molecular weight is 405 g/mol. The molecule has 6 nitrogen and oxygen atoms in total. The smallest absolute Gasteiger partial charge is 0.243 e. The number of ether oxygens (including phenoxy) is 1. The maximum Gasteiger partial charge on any atom is 0.243 e. The van der Waals surface area contributed by atoms with Crippen LogP contribution < -0.4 is 10.1 Å². The van der Waals surface area contributed by atoms with Crippen molar-refractivity contribution < 1.29 is 17.9 Å². The number of benzene rings is 2. The minimum atomic E-state index is -3.48. The van der Waals surface area contributed by atoms with Crippen molar-refractivity contribution in [3.63, 3.8) is 0 Å². The van der Waals surface area contributed by atoms with Gasteiger partial charge in [-0.3, -0.25) is 4.79 Å². The number of carbonyl (C=O) groups excluding carboxylic acids is 1. The van der Waals surface area contributed by atoms with Gasteiger partial charge >= 0.3 is 0 Å². The summed E-state index contributed by atoms with van der Waals surface area (Å²) in [4.78, 5) is 12.4. The summed E-state index contributed by atoms with van der Waals surface area (Å²) in [5, 5.41) is 2.91. The van der Waals surface area contributed by atoms with Crippen molar-refractivity contribution in [1.82, 2.24) is 9.62 Å². The summed E-state index contributed by atoms with van der Waals surface area (Å²) in [5.74, 6) is 0.608. The molecule has 1 atom stereocenters. The van der Waals surface area contributed by atoms with Gasteiger partial charge in [0.25, 0.3) is 0 Å². The van der Waals surface area contributed by atoms with E-state index < -0.39 is 10.0 Å². The fourth-order valence-corrected chi connectivity index (χ4v) is 4.27. The molecule has 2 aromatic rings. The summed E-state index contributed by atoms with van der Waals surface area (Å²) >= 11 is 0. The summed E-state index contributed by atoms with van der Waals surface area (Å²) in [6.45, 7) is 6.65. The summed E-state index contributed by atoms with van der Waals surface area (Å²) < 4.78 is 32.0. The van der Waals surface area contributed by atoms with Crippen molar-refractivity contribution in [2.75, 3.05) is 19.7 Å². The third kappa shape index (κ3) is 5.81. The molecular weight excluding hydrogens is 376 g/mol. The molecule has 0 saturated heterocycles. The first-order valence-electron chi connectivity index (χ1n) is 9.45. The Kier molecular flexibility index (Phi) is 8.02. The molecule has 0 radical (unpaired) electrons. The Morgan fingerprint density at radius 2 is 1.64 bits per heavy atom. The molecule has 0 aliphatic heterocycles. The quantitative estimate of drug-likeness (QED) is 0.659. The van der Waals surface area contributed by atoms with E-state index in [0.717, 1.165) is 11.3 Å². The number of nitrogens with zero attached hydrogens (tertiary/aromatic N) is 1. The Balaban J connectivity index is 1.90. The molecule has 2 rings (SSSR count). The number of rotatable bonds is 10. The largest absolute Gasteiger partial charge is 0.493 e. The summed E-state index contributed by atoms with van der Waals surface area (Å²) in [6, 6.07) is 15.8. The van der Waals surface area contributed by atoms with E-state index >= 15 is 0 Å². The monoisotopic (exact) mass is 404 g/mol. The Morgan fingerprint density at radius 3 is 2.21 bits per heavy atom. The van der Waals surface area contributed by atoms with Gasteiger partial charge < -0.3 is 10.1 Å². The van der Waals surface area contributed by atoms with Crippen molar-refractivity contribution in [2.45, 2.75) is 38.1 Å². The van der Waals surface area contributed by atoms with Crippen LogP contribution in [0.4, 0.5) is 0 Å². The van der Waals surface area contributed by atoms with Crippen molar-refractivity contribution in [1.29, 1.82) is 0 Å². The number of amides is 1. The number of para-hydroxylation sites is 1. The van der Waals surface area contributed by atoms with Crippen LogP contribution in [0, 0.1) is 0 Å². The molecule has 0 heterocycles. The van der Waals surface area contributed by atoms with E-state index in [2.05, 4.69) is 5.32 Å². The molecule has 0 fully saturated rings. The van der Waals surface area contributed by atoms with Gasteiger partial charge in [0, 0.05) is 13.1 Å². The van der Waals surface area contributed by atoms with Crippen molar-refractivity contribution in [3.8, 4) is 5.75 Å². The third-order valence-corrected chi connectivity index (χ3v) is 6.51.